The van der Waals surface area contributed by atoms with Crippen molar-refractivity contribution in [3.05, 3.63) is 28.2 Å². The Kier molecular flexibility index (Phi) is 5.55. The van der Waals surface area contributed by atoms with E-state index < -0.39 is 6.10 Å². The smallest absolute Gasteiger partial charge is 0.347 e. The first kappa shape index (κ1) is 18.8. The first-order valence-corrected chi connectivity index (χ1v) is 9.83. The van der Waals surface area contributed by atoms with Gasteiger partial charge in [0.25, 0.3) is 0 Å². The quantitative estimate of drug-likeness (QED) is 0.584. The predicted octanol–water partition coefficient (Wildman–Crippen LogP) is 5.77. The average molecular weight is 385 g/mol. The van der Waals surface area contributed by atoms with E-state index in [0.29, 0.717) is 33.7 Å². The van der Waals surface area contributed by atoms with Crippen molar-refractivity contribution in [3.8, 4) is 5.75 Å². The molecule has 0 aromatic heterocycles. The van der Waals surface area contributed by atoms with Gasteiger partial charge in [-0.05, 0) is 74.0 Å². The van der Waals surface area contributed by atoms with Crippen LogP contribution in [-0.4, -0.2) is 18.7 Å². The Morgan fingerprint density at radius 3 is 2.72 bits per heavy atom. The molecule has 4 rings (SSSR count). The Morgan fingerprint density at radius 2 is 2.08 bits per heavy atom. The van der Waals surface area contributed by atoms with Gasteiger partial charge in [-0.25, -0.2) is 4.79 Å². The lowest BCUT2D eigenvalue weighted by Crippen LogP contribution is -2.52. The van der Waals surface area contributed by atoms with Gasteiger partial charge in [0, 0.05) is 5.02 Å². The third-order valence-electron chi connectivity index (χ3n) is 6.26. The number of esters is 1. The molecule has 3 saturated carbocycles. The van der Waals surface area contributed by atoms with Crippen LogP contribution in [0.4, 0.5) is 0 Å². The first-order chi connectivity index (χ1) is 11.8. The molecular formula is C20H26Cl2O3. The van der Waals surface area contributed by atoms with E-state index in [0.717, 1.165) is 18.3 Å². The number of carbonyl (C=O) groups is 1. The zero-order valence-electron chi connectivity index (χ0n) is 15.1. The van der Waals surface area contributed by atoms with Crippen LogP contribution in [0.3, 0.4) is 0 Å². The Balaban J connectivity index is 1.44. The van der Waals surface area contributed by atoms with Gasteiger partial charge in [-0.2, -0.15) is 0 Å². The number of hydrogen-bond acceptors (Lipinski definition) is 3. The fraction of sp³-hybridized carbons (Fsp3) is 0.650. The minimum Gasteiger partial charge on any atom is -0.477 e. The second-order valence-corrected chi connectivity index (χ2v) is 8.83. The molecule has 3 aliphatic rings. The first-order valence-electron chi connectivity index (χ1n) is 9.07. The summed E-state index contributed by atoms with van der Waals surface area (Å²) in [5, 5.41) is 0.914. The van der Waals surface area contributed by atoms with E-state index in [1.54, 1.807) is 25.1 Å². The van der Waals surface area contributed by atoms with Crippen molar-refractivity contribution in [2.24, 2.45) is 23.2 Å². The van der Waals surface area contributed by atoms with E-state index in [1.807, 2.05) is 0 Å². The minimum absolute atomic E-state index is 0.354. The van der Waals surface area contributed by atoms with Gasteiger partial charge < -0.3 is 9.47 Å². The van der Waals surface area contributed by atoms with Crippen LogP contribution < -0.4 is 4.74 Å². The lowest BCUT2D eigenvalue weighted by molar-refractivity contribution is -0.153. The van der Waals surface area contributed by atoms with E-state index in [2.05, 4.69) is 13.8 Å². The van der Waals surface area contributed by atoms with Gasteiger partial charge in [0.1, 0.15) is 5.75 Å². The summed E-state index contributed by atoms with van der Waals surface area (Å²) in [6.07, 6.45) is 4.18. The molecule has 0 spiro atoms. The highest BCUT2D eigenvalue weighted by Gasteiger charge is 2.53. The molecule has 1 aromatic carbocycles. The van der Waals surface area contributed by atoms with Crippen molar-refractivity contribution in [2.75, 3.05) is 6.61 Å². The maximum Gasteiger partial charge on any atom is 0.347 e. The molecule has 5 heteroatoms. The van der Waals surface area contributed by atoms with Crippen LogP contribution in [-0.2, 0) is 9.53 Å². The van der Waals surface area contributed by atoms with Crippen molar-refractivity contribution in [3.63, 3.8) is 0 Å². The standard InChI is InChI=1S/C20H26Cl2O3/c1-12(25-18-7-6-15(21)11-17(18)22)19(23)24-9-8-13-4-5-14-10-16(13)20(14,2)3/h6-7,11-14,16H,4-5,8-10H2,1-3H3. The predicted molar refractivity (Wildman–Crippen MR) is 100 cm³/mol. The van der Waals surface area contributed by atoms with Crippen molar-refractivity contribution < 1.29 is 14.3 Å². The van der Waals surface area contributed by atoms with Gasteiger partial charge in [0.2, 0.25) is 0 Å². The molecule has 4 atom stereocenters. The highest BCUT2D eigenvalue weighted by Crippen LogP contribution is 2.61. The summed E-state index contributed by atoms with van der Waals surface area (Å²) < 4.78 is 11.0. The minimum atomic E-state index is -0.699. The van der Waals surface area contributed by atoms with Crippen LogP contribution in [0, 0.1) is 23.2 Å². The summed E-state index contributed by atoms with van der Waals surface area (Å²) in [5.74, 6) is 2.44. The number of fused-ring (bicyclic) bond motifs is 2. The summed E-state index contributed by atoms with van der Waals surface area (Å²) >= 11 is 11.9. The molecule has 0 radical (unpaired) electrons. The van der Waals surface area contributed by atoms with Crippen LogP contribution in [0.1, 0.15) is 46.5 Å². The fourth-order valence-electron chi connectivity index (χ4n) is 4.55. The fourth-order valence-corrected chi connectivity index (χ4v) is 5.00. The Labute approximate surface area is 160 Å². The molecule has 1 aromatic rings. The summed E-state index contributed by atoms with van der Waals surface area (Å²) in [4.78, 5) is 12.2. The summed E-state index contributed by atoms with van der Waals surface area (Å²) in [6.45, 7) is 6.90. The van der Waals surface area contributed by atoms with Crippen LogP contribution in [0.2, 0.25) is 10.0 Å². The number of halogens is 2. The number of ether oxygens (including phenoxy) is 2. The van der Waals surface area contributed by atoms with E-state index in [-0.39, 0.29) is 5.97 Å². The Bertz CT molecular complexity index is 642. The van der Waals surface area contributed by atoms with Gasteiger partial charge in [0.15, 0.2) is 6.10 Å². The Hall–Kier alpha value is -0.930. The number of carbonyl (C=O) groups excluding carboxylic acids is 1. The van der Waals surface area contributed by atoms with E-state index in [1.165, 1.54) is 19.3 Å². The van der Waals surface area contributed by atoms with Gasteiger partial charge in [-0.1, -0.05) is 37.0 Å². The number of rotatable bonds is 6. The van der Waals surface area contributed by atoms with Crippen LogP contribution >= 0.6 is 23.2 Å². The normalized spacial score (nSPS) is 28.0. The second-order valence-electron chi connectivity index (χ2n) is 7.99. The van der Waals surface area contributed by atoms with Crippen molar-refractivity contribution in [1.29, 1.82) is 0 Å². The third-order valence-corrected chi connectivity index (χ3v) is 6.79. The Morgan fingerprint density at radius 1 is 1.32 bits per heavy atom. The molecule has 3 nitrogen and oxygen atoms in total. The van der Waals surface area contributed by atoms with Crippen LogP contribution in [0.5, 0.6) is 5.75 Å². The third kappa shape index (κ3) is 3.93. The molecule has 138 valence electrons. The maximum absolute atomic E-state index is 12.2. The van der Waals surface area contributed by atoms with Gasteiger partial charge in [-0.3, -0.25) is 0 Å². The summed E-state index contributed by atoms with van der Waals surface area (Å²) in [6, 6.07) is 4.93. The molecule has 25 heavy (non-hydrogen) atoms. The zero-order valence-corrected chi connectivity index (χ0v) is 16.6. The summed E-state index contributed by atoms with van der Waals surface area (Å²) in [5.41, 5.74) is 0.467. The molecule has 3 aliphatic carbocycles. The van der Waals surface area contributed by atoms with Gasteiger partial charge >= 0.3 is 5.97 Å². The molecule has 4 unspecified atom stereocenters. The SMILES string of the molecule is CC(Oc1ccc(Cl)cc1Cl)C(=O)OCCC1CCC2CC1C2(C)C. The molecule has 0 aliphatic heterocycles. The van der Waals surface area contributed by atoms with E-state index in [9.17, 15) is 4.79 Å². The molecule has 0 amide bonds. The number of hydrogen-bond donors (Lipinski definition) is 0. The number of benzene rings is 1. The lowest BCUT2D eigenvalue weighted by atomic mass is 9.45. The largest absolute Gasteiger partial charge is 0.477 e. The van der Waals surface area contributed by atoms with E-state index in [4.69, 9.17) is 32.7 Å². The van der Waals surface area contributed by atoms with Crippen molar-refractivity contribution >= 4 is 29.2 Å². The molecule has 2 bridgehead atoms. The van der Waals surface area contributed by atoms with Crippen molar-refractivity contribution in [1.82, 2.24) is 0 Å². The second kappa shape index (κ2) is 7.36. The average Bonchev–Trinajstić information content (AvgIpc) is 2.57. The van der Waals surface area contributed by atoms with Crippen molar-refractivity contribution in [2.45, 2.75) is 52.6 Å². The van der Waals surface area contributed by atoms with E-state index >= 15 is 0 Å². The van der Waals surface area contributed by atoms with Crippen LogP contribution in [0.25, 0.3) is 0 Å². The van der Waals surface area contributed by atoms with Crippen LogP contribution in [0.15, 0.2) is 18.2 Å². The topological polar surface area (TPSA) is 35.5 Å². The highest BCUT2D eigenvalue weighted by molar-refractivity contribution is 6.35. The lowest BCUT2D eigenvalue weighted by Gasteiger charge is -2.60. The van der Waals surface area contributed by atoms with Gasteiger partial charge in [0.05, 0.1) is 11.6 Å². The molecular weight excluding hydrogens is 359 g/mol. The molecule has 0 N–H and O–H groups in total. The zero-order chi connectivity index (χ0) is 18.2. The highest BCUT2D eigenvalue weighted by atomic mass is 35.5. The molecule has 3 fully saturated rings. The monoisotopic (exact) mass is 384 g/mol. The summed E-state index contributed by atoms with van der Waals surface area (Å²) in [7, 11) is 0. The van der Waals surface area contributed by atoms with Gasteiger partial charge in [-0.15, -0.1) is 0 Å². The molecule has 0 heterocycles. The maximum atomic E-state index is 12.2. The molecule has 0 saturated heterocycles.